The lowest BCUT2D eigenvalue weighted by Crippen LogP contribution is -2.94. The number of hydrogen-bond donors (Lipinski definition) is 1. The van der Waals surface area contributed by atoms with E-state index >= 15 is 0 Å². The summed E-state index contributed by atoms with van der Waals surface area (Å²) in [4.78, 5) is 1.37. The Hall–Kier alpha value is -2.81. The standard InChI is InChI=1S/C27H23NS/c1-3-11-21(12-4-1)19-28-27(23-14-5-2-6-15-23)24-16-8-7-13-22(24)20-29-26-18-10-9-17-25(26)27/h1-18,28H,19-20H2/p+1/t27-/m0/s1. The molecule has 1 aliphatic rings. The van der Waals surface area contributed by atoms with Gasteiger partial charge in [0.2, 0.25) is 0 Å². The molecule has 0 spiro atoms. The summed E-state index contributed by atoms with van der Waals surface area (Å²) in [7, 11) is 0. The smallest absolute Gasteiger partial charge is 0.175 e. The summed E-state index contributed by atoms with van der Waals surface area (Å²) in [6.45, 7) is 0.920. The first-order valence-corrected chi connectivity index (χ1v) is 11.1. The van der Waals surface area contributed by atoms with E-state index in [-0.39, 0.29) is 5.54 Å². The maximum absolute atomic E-state index is 2.53. The highest BCUT2D eigenvalue weighted by molar-refractivity contribution is 7.98. The molecule has 0 unspecified atom stereocenters. The van der Waals surface area contributed by atoms with Crippen molar-refractivity contribution in [1.82, 2.24) is 0 Å². The van der Waals surface area contributed by atoms with E-state index in [0.717, 1.165) is 12.3 Å². The molecule has 29 heavy (non-hydrogen) atoms. The molecule has 0 saturated carbocycles. The van der Waals surface area contributed by atoms with E-state index in [4.69, 9.17) is 0 Å². The maximum atomic E-state index is 2.53. The van der Waals surface area contributed by atoms with E-state index in [0.29, 0.717) is 0 Å². The minimum atomic E-state index is -0.270. The number of benzene rings is 4. The zero-order chi connectivity index (χ0) is 19.5. The molecule has 0 amide bonds. The summed E-state index contributed by atoms with van der Waals surface area (Å²) < 4.78 is 0. The number of rotatable bonds is 4. The van der Waals surface area contributed by atoms with Gasteiger partial charge < -0.3 is 5.32 Å². The van der Waals surface area contributed by atoms with Crippen LogP contribution in [0, 0.1) is 0 Å². The highest BCUT2D eigenvalue weighted by Crippen LogP contribution is 2.44. The lowest BCUT2D eigenvalue weighted by Gasteiger charge is -2.34. The summed E-state index contributed by atoms with van der Waals surface area (Å²) >= 11 is 1.95. The van der Waals surface area contributed by atoms with Crippen LogP contribution in [0.25, 0.3) is 0 Å². The molecule has 0 aromatic heterocycles. The fourth-order valence-corrected chi connectivity index (χ4v) is 5.61. The molecule has 0 fully saturated rings. The molecule has 2 N–H and O–H groups in total. The Morgan fingerprint density at radius 2 is 1.28 bits per heavy atom. The average Bonchev–Trinajstić information content (AvgIpc) is 2.94. The Morgan fingerprint density at radius 1 is 0.655 bits per heavy atom. The Kier molecular flexibility index (Phi) is 4.97. The van der Waals surface area contributed by atoms with Gasteiger partial charge in [0.05, 0.1) is 0 Å². The number of fused-ring (bicyclic) bond motifs is 2. The van der Waals surface area contributed by atoms with E-state index in [1.54, 1.807) is 0 Å². The van der Waals surface area contributed by atoms with Crippen LogP contribution >= 0.6 is 11.8 Å². The zero-order valence-electron chi connectivity index (χ0n) is 16.3. The molecule has 5 rings (SSSR count). The molecule has 0 radical (unpaired) electrons. The summed E-state index contributed by atoms with van der Waals surface area (Å²) in [6.07, 6.45) is 0. The zero-order valence-corrected chi connectivity index (χ0v) is 17.1. The molecule has 142 valence electrons. The lowest BCUT2D eigenvalue weighted by molar-refractivity contribution is -0.731. The molecule has 1 heterocycles. The van der Waals surface area contributed by atoms with Crippen LogP contribution in [0.15, 0.2) is 114 Å². The molecule has 0 bridgehead atoms. The van der Waals surface area contributed by atoms with Gasteiger partial charge in [-0.25, -0.2) is 0 Å². The second kappa shape index (κ2) is 7.90. The van der Waals surface area contributed by atoms with Gasteiger partial charge in [-0.2, -0.15) is 0 Å². The largest absolute Gasteiger partial charge is 0.326 e. The van der Waals surface area contributed by atoms with Crippen molar-refractivity contribution in [3.05, 3.63) is 137 Å². The van der Waals surface area contributed by atoms with Crippen molar-refractivity contribution in [2.45, 2.75) is 22.7 Å². The van der Waals surface area contributed by atoms with Gasteiger partial charge in [0.25, 0.3) is 0 Å². The summed E-state index contributed by atoms with van der Waals surface area (Å²) in [6, 6.07) is 39.7. The van der Waals surface area contributed by atoms with Crippen LogP contribution in [0.5, 0.6) is 0 Å². The predicted octanol–water partition coefficient (Wildman–Crippen LogP) is 5.35. The second-order valence-corrected chi connectivity index (χ2v) is 8.53. The summed E-state index contributed by atoms with van der Waals surface area (Å²) in [5.74, 6) is 1.00. The minimum Gasteiger partial charge on any atom is -0.326 e. The van der Waals surface area contributed by atoms with Crippen LogP contribution in [-0.2, 0) is 17.8 Å². The first-order valence-electron chi connectivity index (χ1n) is 10.1. The second-order valence-electron chi connectivity index (χ2n) is 7.51. The van der Waals surface area contributed by atoms with Gasteiger partial charge in [-0.05, 0) is 11.6 Å². The molecule has 0 aliphatic carbocycles. The quantitative estimate of drug-likeness (QED) is 0.494. The molecule has 1 atom stereocenters. The van der Waals surface area contributed by atoms with Crippen LogP contribution < -0.4 is 5.32 Å². The lowest BCUT2D eigenvalue weighted by atomic mass is 9.75. The van der Waals surface area contributed by atoms with Crippen LogP contribution in [-0.4, -0.2) is 0 Å². The number of nitrogens with two attached hydrogens (primary N) is 1. The van der Waals surface area contributed by atoms with Crippen LogP contribution in [0.1, 0.15) is 27.8 Å². The van der Waals surface area contributed by atoms with Gasteiger partial charge in [0.1, 0.15) is 6.54 Å². The van der Waals surface area contributed by atoms with Gasteiger partial charge in [0, 0.05) is 32.9 Å². The summed E-state index contributed by atoms with van der Waals surface area (Å²) in [5, 5.41) is 2.53. The Balaban J connectivity index is 1.77. The topological polar surface area (TPSA) is 16.6 Å². The van der Waals surface area contributed by atoms with Gasteiger partial charge >= 0.3 is 0 Å². The molecule has 2 heteroatoms. The van der Waals surface area contributed by atoms with Crippen molar-refractivity contribution in [2.24, 2.45) is 0 Å². The molecular formula is C27H24NS+. The Labute approximate surface area is 176 Å². The van der Waals surface area contributed by atoms with Gasteiger partial charge in [-0.1, -0.05) is 103 Å². The third kappa shape index (κ3) is 3.29. The normalized spacial score (nSPS) is 17.8. The highest BCUT2D eigenvalue weighted by atomic mass is 32.2. The van der Waals surface area contributed by atoms with Crippen molar-refractivity contribution in [2.75, 3.05) is 0 Å². The maximum Gasteiger partial charge on any atom is 0.175 e. The van der Waals surface area contributed by atoms with Crippen molar-refractivity contribution >= 4 is 11.8 Å². The summed E-state index contributed by atoms with van der Waals surface area (Å²) in [5.41, 5.74) is 6.61. The van der Waals surface area contributed by atoms with E-state index in [9.17, 15) is 0 Å². The molecular weight excluding hydrogens is 370 g/mol. The molecule has 0 saturated heterocycles. The molecule has 4 aromatic carbocycles. The van der Waals surface area contributed by atoms with Crippen molar-refractivity contribution in [1.29, 1.82) is 0 Å². The van der Waals surface area contributed by atoms with Gasteiger partial charge in [-0.3, -0.25) is 0 Å². The van der Waals surface area contributed by atoms with E-state index < -0.39 is 0 Å². The monoisotopic (exact) mass is 394 g/mol. The number of quaternary nitrogens is 1. The third-order valence-corrected chi connectivity index (χ3v) is 6.98. The van der Waals surface area contributed by atoms with E-state index in [1.165, 1.54) is 32.7 Å². The van der Waals surface area contributed by atoms with Crippen molar-refractivity contribution < 1.29 is 5.32 Å². The fraction of sp³-hybridized carbons (Fsp3) is 0.111. The van der Waals surface area contributed by atoms with E-state index in [2.05, 4.69) is 115 Å². The molecule has 1 aliphatic heterocycles. The van der Waals surface area contributed by atoms with Crippen molar-refractivity contribution in [3.63, 3.8) is 0 Å². The third-order valence-electron chi connectivity index (χ3n) is 5.85. The van der Waals surface area contributed by atoms with Gasteiger partial charge in [0.15, 0.2) is 5.54 Å². The first-order chi connectivity index (χ1) is 14.4. The number of hydrogen-bond acceptors (Lipinski definition) is 1. The van der Waals surface area contributed by atoms with Gasteiger partial charge in [-0.15, -0.1) is 11.8 Å². The van der Waals surface area contributed by atoms with Crippen LogP contribution in [0.3, 0.4) is 0 Å². The van der Waals surface area contributed by atoms with Crippen LogP contribution in [0.2, 0.25) is 0 Å². The average molecular weight is 395 g/mol. The Bertz CT molecular complexity index is 1060. The minimum absolute atomic E-state index is 0.270. The highest BCUT2D eigenvalue weighted by Gasteiger charge is 2.44. The van der Waals surface area contributed by atoms with E-state index in [1.807, 2.05) is 11.8 Å². The van der Waals surface area contributed by atoms with Crippen molar-refractivity contribution in [3.8, 4) is 0 Å². The first kappa shape index (κ1) is 18.2. The molecule has 1 nitrogen and oxygen atoms in total. The fourth-order valence-electron chi connectivity index (χ4n) is 4.48. The number of thioether (sulfide) groups is 1. The Morgan fingerprint density at radius 3 is 2.07 bits per heavy atom. The van der Waals surface area contributed by atoms with Crippen LogP contribution in [0.4, 0.5) is 0 Å². The predicted molar refractivity (Wildman–Crippen MR) is 121 cm³/mol. The SMILES string of the molecule is c1ccc(C[NH2+][C@@]2(c3ccccc3)c3ccccc3CSc3ccccc32)cc1. The molecule has 4 aromatic rings.